The molecule has 26 heavy (non-hydrogen) atoms. The van der Waals surface area contributed by atoms with Crippen LogP contribution >= 0.6 is 11.8 Å². The van der Waals surface area contributed by atoms with Crippen LogP contribution in [0.1, 0.15) is 25.1 Å². The Morgan fingerprint density at radius 3 is 2.58 bits per heavy atom. The molecule has 1 aromatic rings. The standard InChI is InChI=1S/C17H21N3O5S/c1-8-6-19(9(2)5-10(8)21)7-11(22)18-12-14(23)20-13(16(24)25)17(3,4)26-15(12)20/h5-6,12-13,15H,7H2,1-4H3,(H,18,22)(H,24,25)/t12?,13-,15+/m0/s1. The highest BCUT2D eigenvalue weighted by Crippen LogP contribution is 2.50. The number of aliphatic carboxylic acids is 1. The number of nitrogens with zero attached hydrogens (tertiary/aromatic N) is 2. The lowest BCUT2D eigenvalue weighted by molar-refractivity contribution is -0.161. The molecule has 1 aromatic heterocycles. The molecule has 3 heterocycles. The van der Waals surface area contributed by atoms with Gasteiger partial charge in [-0.3, -0.25) is 14.4 Å². The monoisotopic (exact) mass is 379 g/mol. The second-order valence-corrected chi connectivity index (χ2v) is 9.00. The fraction of sp³-hybridized carbons (Fsp3) is 0.529. The van der Waals surface area contributed by atoms with Crippen LogP contribution in [0.4, 0.5) is 0 Å². The Labute approximate surface area is 154 Å². The highest BCUT2D eigenvalue weighted by molar-refractivity contribution is 8.01. The van der Waals surface area contributed by atoms with Crippen molar-refractivity contribution in [2.24, 2.45) is 0 Å². The number of carboxylic acid groups (broad SMARTS) is 1. The summed E-state index contributed by atoms with van der Waals surface area (Å²) in [5.74, 6) is -1.77. The van der Waals surface area contributed by atoms with Crippen molar-refractivity contribution in [2.45, 2.75) is 56.4 Å². The maximum atomic E-state index is 12.4. The lowest BCUT2D eigenvalue weighted by atomic mass is 9.96. The predicted molar refractivity (Wildman–Crippen MR) is 95.8 cm³/mol. The summed E-state index contributed by atoms with van der Waals surface area (Å²) in [6, 6.07) is -0.162. The third-order valence-corrected chi connectivity index (χ3v) is 6.41. The zero-order chi connectivity index (χ0) is 19.4. The number of nitrogens with one attached hydrogen (secondary N) is 1. The van der Waals surface area contributed by atoms with Crippen molar-refractivity contribution in [3.05, 3.63) is 33.7 Å². The van der Waals surface area contributed by atoms with Crippen LogP contribution in [0.25, 0.3) is 0 Å². The zero-order valence-electron chi connectivity index (χ0n) is 15.0. The number of carboxylic acids is 1. The number of β-lactam (4-membered cyclic amide) rings is 1. The van der Waals surface area contributed by atoms with E-state index in [-0.39, 0.29) is 29.2 Å². The van der Waals surface area contributed by atoms with Crippen LogP contribution in [0.15, 0.2) is 17.1 Å². The summed E-state index contributed by atoms with van der Waals surface area (Å²) in [5.41, 5.74) is 1.10. The van der Waals surface area contributed by atoms with E-state index in [9.17, 15) is 24.3 Å². The van der Waals surface area contributed by atoms with Gasteiger partial charge in [0.15, 0.2) is 5.43 Å². The predicted octanol–water partition coefficient (Wildman–Crippen LogP) is 0.0968. The molecule has 2 fully saturated rings. The SMILES string of the molecule is Cc1cn(CC(=O)NC2C(=O)N3[C@@H]2SC(C)(C)[C@@H]3C(=O)O)c(C)cc1=O. The number of carbonyl (C=O) groups is 3. The smallest absolute Gasteiger partial charge is 0.327 e. The van der Waals surface area contributed by atoms with E-state index >= 15 is 0 Å². The van der Waals surface area contributed by atoms with Crippen molar-refractivity contribution >= 4 is 29.5 Å². The van der Waals surface area contributed by atoms with Gasteiger partial charge in [-0.05, 0) is 27.7 Å². The van der Waals surface area contributed by atoms with E-state index in [2.05, 4.69) is 5.32 Å². The molecule has 0 radical (unpaired) electrons. The Bertz CT molecular complexity index is 862. The van der Waals surface area contributed by atoms with Crippen LogP contribution in [0, 0.1) is 13.8 Å². The third-order valence-electron chi connectivity index (χ3n) is 4.84. The molecule has 0 saturated carbocycles. The number of pyridine rings is 1. The number of aromatic nitrogens is 1. The normalized spacial score (nSPS) is 26.2. The van der Waals surface area contributed by atoms with Gasteiger partial charge in [0.2, 0.25) is 11.8 Å². The van der Waals surface area contributed by atoms with Gasteiger partial charge in [-0.1, -0.05) is 0 Å². The molecule has 2 amide bonds. The molecule has 3 rings (SSSR count). The largest absolute Gasteiger partial charge is 0.480 e. The summed E-state index contributed by atoms with van der Waals surface area (Å²) in [4.78, 5) is 49.2. The van der Waals surface area contributed by atoms with Crippen LogP contribution < -0.4 is 10.7 Å². The lowest BCUT2D eigenvalue weighted by Crippen LogP contribution is -2.70. The highest BCUT2D eigenvalue weighted by atomic mass is 32.2. The van der Waals surface area contributed by atoms with Gasteiger partial charge in [0.1, 0.15) is 24.0 Å². The Balaban J connectivity index is 1.70. The maximum Gasteiger partial charge on any atom is 0.327 e. The number of thioether (sulfide) groups is 1. The molecule has 9 heteroatoms. The van der Waals surface area contributed by atoms with Gasteiger partial charge in [-0.15, -0.1) is 11.8 Å². The second-order valence-electron chi connectivity index (χ2n) is 7.23. The quantitative estimate of drug-likeness (QED) is 0.718. The fourth-order valence-corrected chi connectivity index (χ4v) is 5.10. The first-order valence-electron chi connectivity index (χ1n) is 8.23. The van der Waals surface area contributed by atoms with Gasteiger partial charge in [0.25, 0.3) is 0 Å². The zero-order valence-corrected chi connectivity index (χ0v) is 15.8. The average molecular weight is 379 g/mol. The van der Waals surface area contributed by atoms with Crippen LogP contribution in [-0.2, 0) is 20.9 Å². The van der Waals surface area contributed by atoms with Gasteiger partial charge in [0, 0.05) is 28.3 Å². The Kier molecular flexibility index (Phi) is 4.38. The van der Waals surface area contributed by atoms with Gasteiger partial charge in [-0.25, -0.2) is 4.79 Å². The number of fused-ring (bicyclic) bond motifs is 1. The summed E-state index contributed by atoms with van der Waals surface area (Å²) < 4.78 is 1.02. The molecule has 1 unspecified atom stereocenters. The number of carbonyl (C=O) groups excluding carboxylic acids is 2. The van der Waals surface area contributed by atoms with Gasteiger partial charge < -0.3 is 19.9 Å². The van der Waals surface area contributed by atoms with E-state index in [0.29, 0.717) is 11.3 Å². The van der Waals surface area contributed by atoms with Crippen molar-refractivity contribution in [3.8, 4) is 0 Å². The first-order chi connectivity index (χ1) is 12.0. The molecule has 2 aliphatic rings. The number of amides is 2. The number of hydrogen-bond acceptors (Lipinski definition) is 5. The molecule has 0 spiro atoms. The van der Waals surface area contributed by atoms with E-state index in [1.165, 1.54) is 22.7 Å². The molecule has 2 aliphatic heterocycles. The van der Waals surface area contributed by atoms with Gasteiger partial charge >= 0.3 is 5.97 Å². The molecular formula is C17H21N3O5S. The van der Waals surface area contributed by atoms with E-state index in [4.69, 9.17) is 0 Å². The number of hydrogen-bond donors (Lipinski definition) is 2. The summed E-state index contributed by atoms with van der Waals surface area (Å²) in [6.07, 6.45) is 1.61. The molecule has 140 valence electrons. The summed E-state index contributed by atoms with van der Waals surface area (Å²) in [5, 5.41) is 11.7. The Morgan fingerprint density at radius 2 is 1.96 bits per heavy atom. The molecule has 3 atom stereocenters. The fourth-order valence-electron chi connectivity index (χ4n) is 3.48. The van der Waals surface area contributed by atoms with E-state index in [1.54, 1.807) is 38.5 Å². The van der Waals surface area contributed by atoms with Crippen molar-refractivity contribution < 1.29 is 19.5 Å². The van der Waals surface area contributed by atoms with Crippen LogP contribution in [0.3, 0.4) is 0 Å². The molecule has 2 N–H and O–H groups in total. The topological polar surface area (TPSA) is 109 Å². The van der Waals surface area contributed by atoms with E-state index in [0.717, 1.165) is 0 Å². The first-order valence-corrected chi connectivity index (χ1v) is 9.11. The minimum absolute atomic E-state index is 0.0140. The minimum Gasteiger partial charge on any atom is -0.480 e. The van der Waals surface area contributed by atoms with Crippen molar-refractivity contribution in [2.75, 3.05) is 0 Å². The van der Waals surface area contributed by atoms with E-state index in [1.807, 2.05) is 0 Å². The average Bonchev–Trinajstić information content (AvgIpc) is 2.78. The van der Waals surface area contributed by atoms with E-state index < -0.39 is 22.8 Å². The van der Waals surface area contributed by atoms with Crippen molar-refractivity contribution in [1.82, 2.24) is 14.8 Å². The number of aryl methyl sites for hydroxylation is 2. The van der Waals surface area contributed by atoms with Gasteiger partial charge in [0.05, 0.1) is 0 Å². The molecule has 2 saturated heterocycles. The summed E-state index contributed by atoms with van der Waals surface area (Å²) >= 11 is 1.38. The highest BCUT2D eigenvalue weighted by Gasteiger charge is 2.64. The number of rotatable bonds is 4. The van der Waals surface area contributed by atoms with Crippen LogP contribution in [0.5, 0.6) is 0 Å². The van der Waals surface area contributed by atoms with Crippen molar-refractivity contribution in [3.63, 3.8) is 0 Å². The lowest BCUT2D eigenvalue weighted by Gasteiger charge is -2.43. The first kappa shape index (κ1) is 18.5. The molecule has 0 aromatic carbocycles. The Hall–Kier alpha value is -2.29. The molecular weight excluding hydrogens is 358 g/mol. The molecule has 0 aliphatic carbocycles. The summed E-state index contributed by atoms with van der Waals surface area (Å²) in [7, 11) is 0. The maximum absolute atomic E-state index is 12.4. The van der Waals surface area contributed by atoms with Crippen LogP contribution in [-0.4, -0.2) is 54.6 Å². The summed E-state index contributed by atoms with van der Waals surface area (Å²) in [6.45, 7) is 6.96. The van der Waals surface area contributed by atoms with Crippen LogP contribution in [0.2, 0.25) is 0 Å². The molecule has 8 nitrogen and oxygen atoms in total. The van der Waals surface area contributed by atoms with Crippen molar-refractivity contribution in [1.29, 1.82) is 0 Å². The third kappa shape index (κ3) is 2.90. The minimum atomic E-state index is -1.04. The Morgan fingerprint density at radius 1 is 1.31 bits per heavy atom. The van der Waals surface area contributed by atoms with Gasteiger partial charge in [-0.2, -0.15) is 0 Å². The molecule has 0 bridgehead atoms. The second kappa shape index (κ2) is 6.15.